The van der Waals surface area contributed by atoms with Crippen LogP contribution < -0.4 is 5.32 Å². The number of alkyl halides is 2. The molecule has 2 saturated heterocycles. The Balaban J connectivity index is 1.62. The maximum atomic E-state index is 12.6. The zero-order valence-corrected chi connectivity index (χ0v) is 17.6. The first-order valence-electron chi connectivity index (χ1n) is 9.24. The van der Waals surface area contributed by atoms with Crippen LogP contribution in [0.2, 0.25) is 0 Å². The van der Waals surface area contributed by atoms with E-state index in [1.165, 1.54) is 7.11 Å². The van der Waals surface area contributed by atoms with Gasteiger partial charge in [-0.15, -0.1) is 11.6 Å². The van der Waals surface area contributed by atoms with Gasteiger partial charge in [-0.3, -0.25) is 19.2 Å². The fraction of sp³-hybridized carbons (Fsp3) is 0.611. The summed E-state index contributed by atoms with van der Waals surface area (Å²) in [6.07, 6.45) is 0.482. The lowest BCUT2D eigenvalue weighted by Gasteiger charge is -2.47. The lowest BCUT2D eigenvalue weighted by atomic mass is 9.99. The number of carbonyl (C=O) groups is 5. The summed E-state index contributed by atoms with van der Waals surface area (Å²) in [7, 11) is 1.50. The molecule has 12 heteroatoms. The molecule has 4 amide bonds. The molecule has 3 rings (SSSR count). The van der Waals surface area contributed by atoms with Gasteiger partial charge in [-0.25, -0.2) is 9.69 Å². The van der Waals surface area contributed by atoms with Crippen molar-refractivity contribution in [2.75, 3.05) is 19.7 Å². The Kier molecular flexibility index (Phi) is 6.68. The molecule has 1 saturated carbocycles. The van der Waals surface area contributed by atoms with Gasteiger partial charge in [0.15, 0.2) is 12.8 Å². The third kappa shape index (κ3) is 4.17. The number of amides is 4. The number of rotatable bonds is 9. The highest BCUT2D eigenvalue weighted by molar-refractivity contribution is 6.27. The largest absolute Gasteiger partial charge is 0.442 e. The predicted octanol–water partition coefficient (Wildman–Crippen LogP) is -0.273. The Hall–Kier alpha value is -2.17. The summed E-state index contributed by atoms with van der Waals surface area (Å²) >= 11 is 12.1. The first-order valence-corrected chi connectivity index (χ1v) is 10.2. The van der Waals surface area contributed by atoms with Crippen LogP contribution in [0, 0.1) is 5.92 Å². The van der Waals surface area contributed by atoms with Gasteiger partial charge in [0, 0.05) is 25.8 Å². The third-order valence-electron chi connectivity index (χ3n) is 5.28. The molecule has 164 valence electrons. The molecular formula is C18H21Cl2N3O7. The van der Waals surface area contributed by atoms with Crippen LogP contribution in [0.25, 0.3) is 0 Å². The predicted molar refractivity (Wildman–Crippen MR) is 103 cm³/mol. The van der Waals surface area contributed by atoms with Gasteiger partial charge in [-0.05, 0) is 12.0 Å². The Morgan fingerprint density at radius 3 is 2.40 bits per heavy atom. The van der Waals surface area contributed by atoms with E-state index in [-0.39, 0.29) is 42.2 Å². The number of likely N-dealkylation sites (tertiary alicyclic amines) is 2. The van der Waals surface area contributed by atoms with Crippen LogP contribution in [-0.2, 0) is 33.4 Å². The lowest BCUT2D eigenvalue weighted by molar-refractivity contribution is -0.167. The summed E-state index contributed by atoms with van der Waals surface area (Å²) in [4.78, 5) is 62.5. The van der Waals surface area contributed by atoms with Crippen molar-refractivity contribution in [2.45, 2.75) is 43.0 Å². The van der Waals surface area contributed by atoms with Gasteiger partial charge in [0.2, 0.25) is 17.7 Å². The molecule has 0 aromatic rings. The average Bonchev–Trinajstić information content (AvgIpc) is 3.46. The lowest BCUT2D eigenvalue weighted by Crippen LogP contribution is -2.72. The van der Waals surface area contributed by atoms with Crippen LogP contribution in [-0.4, -0.2) is 82.8 Å². The van der Waals surface area contributed by atoms with Crippen molar-refractivity contribution in [1.29, 1.82) is 0 Å². The third-order valence-corrected chi connectivity index (χ3v) is 6.09. The maximum absolute atomic E-state index is 12.6. The van der Waals surface area contributed by atoms with Crippen LogP contribution in [0.1, 0.15) is 19.3 Å². The Labute approximate surface area is 182 Å². The average molecular weight is 462 g/mol. The molecule has 5 atom stereocenters. The first kappa shape index (κ1) is 22.5. The molecule has 0 radical (unpaired) electrons. The van der Waals surface area contributed by atoms with E-state index in [0.29, 0.717) is 6.42 Å². The molecular weight excluding hydrogens is 441 g/mol. The van der Waals surface area contributed by atoms with Crippen molar-refractivity contribution in [3.8, 4) is 0 Å². The number of esters is 1. The smallest absolute Gasteiger partial charge is 0.335 e. The van der Waals surface area contributed by atoms with Gasteiger partial charge in [-0.2, -0.15) is 0 Å². The fourth-order valence-corrected chi connectivity index (χ4v) is 3.90. The SMILES string of the molecule is C=C(CCl)C(C(=O)OCN1C(=O)CCC1=O)N1C(=O)C(NC(=O)C2CC2OC)C1Cl. The summed E-state index contributed by atoms with van der Waals surface area (Å²) in [6.45, 7) is 3.11. The van der Waals surface area contributed by atoms with E-state index in [2.05, 4.69) is 11.9 Å². The van der Waals surface area contributed by atoms with Crippen molar-refractivity contribution < 1.29 is 33.4 Å². The van der Waals surface area contributed by atoms with Gasteiger partial charge in [-0.1, -0.05) is 18.2 Å². The highest BCUT2D eigenvalue weighted by Gasteiger charge is 2.55. The van der Waals surface area contributed by atoms with Gasteiger partial charge in [0.1, 0.15) is 11.5 Å². The second kappa shape index (κ2) is 8.91. The molecule has 3 fully saturated rings. The number of halogens is 2. The number of imide groups is 1. The molecule has 5 unspecified atom stereocenters. The van der Waals surface area contributed by atoms with Crippen LogP contribution in [0.3, 0.4) is 0 Å². The van der Waals surface area contributed by atoms with E-state index >= 15 is 0 Å². The number of hydrogen-bond acceptors (Lipinski definition) is 7. The van der Waals surface area contributed by atoms with E-state index in [4.69, 9.17) is 32.7 Å². The summed E-state index contributed by atoms with van der Waals surface area (Å²) in [5, 5.41) is 2.56. The first-order chi connectivity index (χ1) is 14.2. The summed E-state index contributed by atoms with van der Waals surface area (Å²) in [6, 6.07) is -2.33. The summed E-state index contributed by atoms with van der Waals surface area (Å²) in [5.74, 6) is -3.29. The second-order valence-corrected chi connectivity index (χ2v) is 7.94. The minimum atomic E-state index is -1.31. The van der Waals surface area contributed by atoms with Crippen LogP contribution in [0.5, 0.6) is 0 Å². The fourth-order valence-electron chi connectivity index (χ4n) is 3.37. The van der Waals surface area contributed by atoms with E-state index in [1.807, 2.05) is 0 Å². The van der Waals surface area contributed by atoms with Gasteiger partial charge in [0.05, 0.1) is 12.0 Å². The summed E-state index contributed by atoms with van der Waals surface area (Å²) < 4.78 is 10.1. The maximum Gasteiger partial charge on any atom is 0.335 e. The topological polar surface area (TPSA) is 122 Å². The molecule has 30 heavy (non-hydrogen) atoms. The van der Waals surface area contributed by atoms with Crippen LogP contribution in [0.15, 0.2) is 12.2 Å². The van der Waals surface area contributed by atoms with Gasteiger partial charge in [0.25, 0.3) is 5.91 Å². The monoisotopic (exact) mass is 461 g/mol. The number of ether oxygens (including phenoxy) is 2. The molecule has 0 aromatic heterocycles. The molecule has 3 aliphatic rings. The van der Waals surface area contributed by atoms with Crippen molar-refractivity contribution in [3.05, 3.63) is 12.2 Å². The Morgan fingerprint density at radius 1 is 1.27 bits per heavy atom. The molecule has 0 spiro atoms. The van der Waals surface area contributed by atoms with Crippen molar-refractivity contribution >= 4 is 52.8 Å². The van der Waals surface area contributed by atoms with Crippen LogP contribution in [0.4, 0.5) is 0 Å². The standard InChI is InChI=1S/C18H21Cl2N3O7/c1-8(6-19)14(18(28)30-7-22-11(24)3-4-12(22)25)23-15(20)13(17(23)27)21-16(26)9-5-10(9)29-2/h9-10,13-15H,1,3-7H2,2H3,(H,21,26). The molecule has 10 nitrogen and oxygen atoms in total. The highest BCUT2D eigenvalue weighted by atomic mass is 35.5. The highest BCUT2D eigenvalue weighted by Crippen LogP contribution is 2.35. The molecule has 2 aliphatic heterocycles. The normalized spacial score (nSPS) is 28.8. The van der Waals surface area contributed by atoms with E-state index < -0.39 is 48.0 Å². The molecule has 1 aliphatic carbocycles. The number of nitrogens with one attached hydrogen (secondary N) is 1. The Morgan fingerprint density at radius 2 is 1.90 bits per heavy atom. The summed E-state index contributed by atoms with van der Waals surface area (Å²) in [5.41, 5.74) is -0.889. The zero-order chi connectivity index (χ0) is 22.2. The zero-order valence-electron chi connectivity index (χ0n) is 16.1. The second-order valence-electron chi connectivity index (χ2n) is 7.22. The van der Waals surface area contributed by atoms with Gasteiger partial charge >= 0.3 is 5.97 Å². The minimum absolute atomic E-state index is 0.0505. The molecule has 0 bridgehead atoms. The molecule has 1 N–H and O–H groups in total. The van der Waals surface area contributed by atoms with Crippen molar-refractivity contribution in [2.24, 2.45) is 5.92 Å². The number of methoxy groups -OCH3 is 1. The molecule has 0 aromatic carbocycles. The number of β-lactam (4-membered cyclic amide) rings is 1. The van der Waals surface area contributed by atoms with Crippen LogP contribution >= 0.6 is 23.2 Å². The quantitative estimate of drug-likeness (QED) is 0.125. The van der Waals surface area contributed by atoms with Gasteiger partial charge < -0.3 is 19.7 Å². The minimum Gasteiger partial charge on any atom is -0.442 e. The van der Waals surface area contributed by atoms with E-state index in [1.54, 1.807) is 0 Å². The Bertz CT molecular complexity index is 789. The van der Waals surface area contributed by atoms with E-state index in [0.717, 1.165) is 9.80 Å². The number of nitrogens with zero attached hydrogens (tertiary/aromatic N) is 2. The van der Waals surface area contributed by atoms with E-state index in [9.17, 15) is 24.0 Å². The number of carbonyl (C=O) groups excluding carboxylic acids is 5. The van der Waals surface area contributed by atoms with Crippen molar-refractivity contribution in [1.82, 2.24) is 15.1 Å². The van der Waals surface area contributed by atoms with Crippen molar-refractivity contribution in [3.63, 3.8) is 0 Å². The number of hydrogen-bond donors (Lipinski definition) is 1. The molecule has 2 heterocycles.